The summed E-state index contributed by atoms with van der Waals surface area (Å²) in [4.78, 5) is 10.8. The lowest BCUT2D eigenvalue weighted by Gasteiger charge is -2.14. The van der Waals surface area contributed by atoms with E-state index in [2.05, 4.69) is 0 Å². The number of sulfone groups is 1. The highest BCUT2D eigenvalue weighted by molar-refractivity contribution is 7.90. The van der Waals surface area contributed by atoms with Crippen molar-refractivity contribution in [1.29, 1.82) is 0 Å². The fourth-order valence-corrected chi connectivity index (χ4v) is 1.73. The topological polar surface area (TPSA) is 63.2 Å². The molecule has 0 saturated heterocycles. The molecule has 1 aromatic rings. The summed E-state index contributed by atoms with van der Waals surface area (Å²) in [5, 5.41) is 1.58. The van der Waals surface area contributed by atoms with Gasteiger partial charge in [-0.1, -0.05) is 0 Å². The summed E-state index contributed by atoms with van der Waals surface area (Å²) in [5.41, 5.74) is -0.210. The van der Waals surface area contributed by atoms with Crippen LogP contribution in [0.5, 0.6) is 0 Å². The Kier molecular flexibility index (Phi) is 4.18. The van der Waals surface area contributed by atoms with Gasteiger partial charge in [0, 0.05) is 11.9 Å². The molecule has 1 amide bonds. The number of alkyl halides is 4. The van der Waals surface area contributed by atoms with Crippen LogP contribution in [0.4, 0.5) is 23.2 Å². The predicted octanol–water partition coefficient (Wildman–Crippen LogP) is 1.93. The van der Waals surface area contributed by atoms with Crippen LogP contribution < -0.4 is 5.32 Å². The van der Waals surface area contributed by atoms with Crippen molar-refractivity contribution in [2.24, 2.45) is 0 Å². The zero-order valence-corrected chi connectivity index (χ0v) is 10.3. The number of rotatable bonds is 4. The number of carbonyl (C=O) groups is 1. The standard InChI is InChI=1S/C10H9F4NO3S/c1-19(17,18)7-4-2-6(3-5-7)15-9(16)10(13,14)8(11)12/h2-5,8H,1H3,(H,15,16). The van der Waals surface area contributed by atoms with Crippen molar-refractivity contribution in [3.8, 4) is 0 Å². The van der Waals surface area contributed by atoms with E-state index in [1.54, 1.807) is 5.32 Å². The Morgan fingerprint density at radius 2 is 1.68 bits per heavy atom. The van der Waals surface area contributed by atoms with Crippen LogP contribution in [0, 0.1) is 0 Å². The van der Waals surface area contributed by atoms with Crippen LogP contribution in [0.2, 0.25) is 0 Å². The minimum atomic E-state index is -4.81. The van der Waals surface area contributed by atoms with Crippen molar-refractivity contribution >= 4 is 21.4 Å². The number of nitrogens with one attached hydrogen (secondary N) is 1. The van der Waals surface area contributed by atoms with E-state index in [0.29, 0.717) is 0 Å². The number of halogens is 4. The van der Waals surface area contributed by atoms with Crippen LogP contribution in [-0.4, -0.2) is 32.9 Å². The van der Waals surface area contributed by atoms with Crippen molar-refractivity contribution in [2.75, 3.05) is 11.6 Å². The van der Waals surface area contributed by atoms with Crippen molar-refractivity contribution in [3.05, 3.63) is 24.3 Å². The molecule has 1 rings (SSSR count). The Morgan fingerprint density at radius 3 is 2.05 bits per heavy atom. The molecular weight excluding hydrogens is 290 g/mol. The molecule has 0 saturated carbocycles. The SMILES string of the molecule is CS(=O)(=O)c1ccc(NC(=O)C(F)(F)C(F)F)cc1. The average Bonchev–Trinajstić information content (AvgIpc) is 2.28. The molecule has 0 heterocycles. The van der Waals surface area contributed by atoms with Gasteiger partial charge in [0.2, 0.25) is 0 Å². The molecule has 0 radical (unpaired) electrons. The third-order valence-electron chi connectivity index (χ3n) is 2.12. The van der Waals surface area contributed by atoms with Gasteiger partial charge < -0.3 is 5.32 Å². The molecule has 0 unspecified atom stereocenters. The summed E-state index contributed by atoms with van der Waals surface area (Å²) < 4.78 is 71.3. The Hall–Kier alpha value is -1.64. The van der Waals surface area contributed by atoms with Crippen LogP contribution in [0.1, 0.15) is 0 Å². The van der Waals surface area contributed by atoms with Crippen LogP contribution in [0.25, 0.3) is 0 Å². The van der Waals surface area contributed by atoms with Gasteiger partial charge in [-0.3, -0.25) is 4.79 Å². The van der Waals surface area contributed by atoms with Crippen molar-refractivity contribution in [1.82, 2.24) is 0 Å². The molecule has 0 atom stereocenters. The van der Waals surface area contributed by atoms with E-state index in [4.69, 9.17) is 0 Å². The average molecular weight is 299 g/mol. The lowest BCUT2D eigenvalue weighted by Crippen LogP contribution is -2.40. The molecule has 106 valence electrons. The van der Waals surface area contributed by atoms with Gasteiger partial charge in [0.1, 0.15) is 0 Å². The van der Waals surface area contributed by atoms with E-state index in [9.17, 15) is 30.8 Å². The van der Waals surface area contributed by atoms with Crippen molar-refractivity contribution in [3.63, 3.8) is 0 Å². The summed E-state index contributed by atoms with van der Waals surface area (Å²) in [5.74, 6) is -6.97. The third-order valence-corrected chi connectivity index (χ3v) is 3.25. The van der Waals surface area contributed by atoms with Crippen molar-refractivity contribution in [2.45, 2.75) is 17.2 Å². The molecular formula is C10H9F4NO3S. The predicted molar refractivity (Wildman–Crippen MR) is 59.1 cm³/mol. The lowest BCUT2D eigenvalue weighted by atomic mass is 10.3. The molecule has 1 N–H and O–H groups in total. The van der Waals surface area contributed by atoms with Gasteiger partial charge in [0.05, 0.1) is 4.90 Å². The van der Waals surface area contributed by atoms with Gasteiger partial charge in [0.25, 0.3) is 0 Å². The van der Waals surface area contributed by atoms with Crippen LogP contribution in [0.3, 0.4) is 0 Å². The molecule has 0 bridgehead atoms. The van der Waals surface area contributed by atoms with Crippen LogP contribution in [0.15, 0.2) is 29.2 Å². The van der Waals surface area contributed by atoms with Gasteiger partial charge in [-0.15, -0.1) is 0 Å². The summed E-state index contributed by atoms with van der Waals surface area (Å²) in [6.45, 7) is 0. The Morgan fingerprint density at radius 1 is 1.21 bits per heavy atom. The molecule has 9 heteroatoms. The number of carbonyl (C=O) groups excluding carboxylic acids is 1. The summed E-state index contributed by atoms with van der Waals surface area (Å²) >= 11 is 0. The Bertz CT molecular complexity index is 569. The largest absolute Gasteiger partial charge is 0.383 e. The summed E-state index contributed by atoms with van der Waals surface area (Å²) in [6.07, 6.45) is -3.19. The number of benzene rings is 1. The monoisotopic (exact) mass is 299 g/mol. The highest BCUT2D eigenvalue weighted by Gasteiger charge is 2.48. The van der Waals surface area contributed by atoms with Gasteiger partial charge >= 0.3 is 18.3 Å². The molecule has 19 heavy (non-hydrogen) atoms. The van der Waals surface area contributed by atoms with E-state index < -0.39 is 28.1 Å². The highest BCUT2D eigenvalue weighted by atomic mass is 32.2. The number of hydrogen-bond acceptors (Lipinski definition) is 3. The minimum absolute atomic E-state index is 0.0916. The molecule has 0 aliphatic rings. The Balaban J connectivity index is 2.88. The number of amides is 1. The molecule has 1 aromatic carbocycles. The maximum absolute atomic E-state index is 12.6. The second-order valence-corrected chi connectivity index (χ2v) is 5.69. The maximum Gasteiger partial charge on any atom is 0.383 e. The minimum Gasteiger partial charge on any atom is -0.321 e. The molecule has 0 aliphatic heterocycles. The lowest BCUT2D eigenvalue weighted by molar-refractivity contribution is -0.163. The maximum atomic E-state index is 12.6. The molecule has 0 spiro atoms. The first-order valence-electron chi connectivity index (χ1n) is 4.82. The normalized spacial score (nSPS) is 12.5. The first kappa shape index (κ1) is 15.4. The fraction of sp³-hybridized carbons (Fsp3) is 0.300. The van der Waals surface area contributed by atoms with Crippen LogP contribution in [-0.2, 0) is 14.6 Å². The fourth-order valence-electron chi connectivity index (χ4n) is 1.10. The quantitative estimate of drug-likeness (QED) is 0.864. The van der Waals surface area contributed by atoms with E-state index in [0.717, 1.165) is 30.5 Å². The smallest absolute Gasteiger partial charge is 0.321 e. The van der Waals surface area contributed by atoms with E-state index in [1.807, 2.05) is 0 Å². The second-order valence-electron chi connectivity index (χ2n) is 3.67. The first-order chi connectivity index (χ1) is 8.55. The molecule has 0 fully saturated rings. The van der Waals surface area contributed by atoms with Gasteiger partial charge in [0.15, 0.2) is 9.84 Å². The third kappa shape index (κ3) is 3.66. The zero-order chi connectivity index (χ0) is 14.8. The highest BCUT2D eigenvalue weighted by Crippen LogP contribution is 2.25. The van der Waals surface area contributed by atoms with Crippen molar-refractivity contribution < 1.29 is 30.8 Å². The summed E-state index contributed by atoms with van der Waals surface area (Å²) in [6, 6.07) is 4.17. The first-order valence-corrected chi connectivity index (χ1v) is 6.72. The van der Waals surface area contributed by atoms with E-state index >= 15 is 0 Å². The van der Waals surface area contributed by atoms with Crippen LogP contribution >= 0.6 is 0 Å². The molecule has 0 aliphatic carbocycles. The number of anilines is 1. The molecule has 0 aromatic heterocycles. The van der Waals surface area contributed by atoms with Gasteiger partial charge in [-0.05, 0) is 24.3 Å². The molecule has 4 nitrogen and oxygen atoms in total. The van der Waals surface area contributed by atoms with Gasteiger partial charge in [-0.25, -0.2) is 17.2 Å². The number of hydrogen-bond donors (Lipinski definition) is 1. The van der Waals surface area contributed by atoms with Gasteiger partial charge in [-0.2, -0.15) is 8.78 Å². The summed E-state index contributed by atoms with van der Waals surface area (Å²) in [7, 11) is -3.47. The second kappa shape index (κ2) is 5.16. The van der Waals surface area contributed by atoms with E-state index in [-0.39, 0.29) is 10.6 Å². The zero-order valence-electron chi connectivity index (χ0n) is 9.53. The van der Waals surface area contributed by atoms with E-state index in [1.165, 1.54) is 0 Å². The Labute approximate surface area is 106 Å².